The fourth-order valence-electron chi connectivity index (χ4n) is 1.04. The highest BCUT2D eigenvalue weighted by Crippen LogP contribution is 2.20. The van der Waals surface area contributed by atoms with Crippen molar-refractivity contribution in [3.8, 4) is 0 Å². The molecule has 1 rings (SSSR count). The molecule has 14 heavy (non-hydrogen) atoms. The molecule has 7 nitrogen and oxygen atoms in total. The van der Waals surface area contributed by atoms with E-state index in [4.69, 9.17) is 5.11 Å². The number of anilines is 1. The Bertz CT molecular complexity index is 323. The van der Waals surface area contributed by atoms with Crippen LogP contribution in [0.1, 0.15) is 6.42 Å². The SMILES string of the molecule is Cn1cnc([N+](=O)[O-])c1NCCCO. The van der Waals surface area contributed by atoms with Crippen LogP contribution in [0.25, 0.3) is 0 Å². The van der Waals surface area contributed by atoms with Gasteiger partial charge in [0.1, 0.15) is 0 Å². The third-order valence-corrected chi connectivity index (χ3v) is 1.72. The molecule has 0 aromatic carbocycles. The Kier molecular flexibility index (Phi) is 3.41. The Morgan fingerprint density at radius 1 is 1.79 bits per heavy atom. The van der Waals surface area contributed by atoms with Gasteiger partial charge in [0.15, 0.2) is 0 Å². The fraction of sp³-hybridized carbons (Fsp3) is 0.571. The average Bonchev–Trinajstić information content (AvgIpc) is 2.48. The van der Waals surface area contributed by atoms with E-state index >= 15 is 0 Å². The second-order valence-electron chi connectivity index (χ2n) is 2.79. The Morgan fingerprint density at radius 3 is 3.07 bits per heavy atom. The van der Waals surface area contributed by atoms with Gasteiger partial charge in [0.05, 0.1) is 0 Å². The Labute approximate surface area is 80.5 Å². The molecule has 0 aliphatic carbocycles. The van der Waals surface area contributed by atoms with Crippen LogP contribution in [-0.2, 0) is 7.05 Å². The highest BCUT2D eigenvalue weighted by Gasteiger charge is 2.18. The third kappa shape index (κ3) is 2.19. The lowest BCUT2D eigenvalue weighted by Crippen LogP contribution is -2.08. The number of hydrogen-bond donors (Lipinski definition) is 2. The molecule has 0 aliphatic rings. The van der Waals surface area contributed by atoms with E-state index in [-0.39, 0.29) is 12.4 Å². The molecule has 7 heteroatoms. The van der Waals surface area contributed by atoms with Gasteiger partial charge in [-0.25, -0.2) is 0 Å². The first-order valence-corrected chi connectivity index (χ1v) is 4.17. The number of rotatable bonds is 5. The second kappa shape index (κ2) is 4.56. The standard InChI is InChI=1S/C7H12N4O3/c1-10-5-9-7(11(13)14)6(10)8-3-2-4-12/h5,8,12H,2-4H2,1H3. The van der Waals surface area contributed by atoms with Crippen molar-refractivity contribution in [2.75, 3.05) is 18.5 Å². The number of hydrogen-bond acceptors (Lipinski definition) is 5. The first-order chi connectivity index (χ1) is 6.66. The summed E-state index contributed by atoms with van der Waals surface area (Å²) >= 11 is 0. The largest absolute Gasteiger partial charge is 0.406 e. The molecule has 0 amide bonds. The van der Waals surface area contributed by atoms with Gasteiger partial charge >= 0.3 is 5.82 Å². The molecule has 0 saturated carbocycles. The first-order valence-electron chi connectivity index (χ1n) is 4.17. The summed E-state index contributed by atoms with van der Waals surface area (Å²) in [7, 11) is 1.67. The van der Waals surface area contributed by atoms with Crippen LogP contribution in [0, 0.1) is 10.1 Å². The number of aliphatic hydroxyl groups excluding tert-OH is 1. The van der Waals surface area contributed by atoms with Crippen LogP contribution in [0.5, 0.6) is 0 Å². The summed E-state index contributed by atoms with van der Waals surface area (Å²) in [5.41, 5.74) is 0. The van der Waals surface area contributed by atoms with Gasteiger partial charge in [-0.15, -0.1) is 0 Å². The van der Waals surface area contributed by atoms with E-state index in [0.717, 1.165) is 0 Å². The summed E-state index contributed by atoms with van der Waals surface area (Å²) in [5.74, 6) is 0.175. The van der Waals surface area contributed by atoms with E-state index in [1.165, 1.54) is 10.9 Å². The van der Waals surface area contributed by atoms with Crippen molar-refractivity contribution in [1.29, 1.82) is 0 Å². The lowest BCUT2D eigenvalue weighted by molar-refractivity contribution is -0.388. The maximum atomic E-state index is 10.5. The minimum absolute atomic E-state index is 0.0542. The number of aliphatic hydroxyl groups is 1. The molecule has 0 unspecified atom stereocenters. The molecule has 2 N–H and O–H groups in total. The van der Waals surface area contributed by atoms with Crippen LogP contribution in [0.4, 0.5) is 11.6 Å². The average molecular weight is 200 g/mol. The van der Waals surface area contributed by atoms with E-state index < -0.39 is 4.92 Å². The quantitative estimate of drug-likeness (QED) is 0.400. The van der Waals surface area contributed by atoms with Gasteiger partial charge in [0.2, 0.25) is 12.1 Å². The molecule has 1 heterocycles. The number of aromatic nitrogens is 2. The first kappa shape index (κ1) is 10.5. The monoisotopic (exact) mass is 200 g/mol. The molecule has 0 saturated heterocycles. The zero-order valence-corrected chi connectivity index (χ0v) is 7.80. The summed E-state index contributed by atoms with van der Waals surface area (Å²) in [6, 6.07) is 0. The molecular formula is C7H12N4O3. The van der Waals surface area contributed by atoms with Gasteiger partial charge in [0.25, 0.3) is 0 Å². The van der Waals surface area contributed by atoms with Crippen LogP contribution in [0.2, 0.25) is 0 Å². The summed E-state index contributed by atoms with van der Waals surface area (Å²) in [5, 5.41) is 21.9. The van der Waals surface area contributed by atoms with Crippen molar-refractivity contribution in [3.05, 3.63) is 16.4 Å². The van der Waals surface area contributed by atoms with E-state index in [9.17, 15) is 10.1 Å². The Balaban J connectivity index is 2.72. The molecule has 0 aliphatic heterocycles. The van der Waals surface area contributed by atoms with Gasteiger partial charge in [0, 0.05) is 20.2 Å². The smallest absolute Gasteiger partial charge is 0.396 e. The van der Waals surface area contributed by atoms with Gasteiger partial charge < -0.3 is 20.5 Å². The summed E-state index contributed by atoms with van der Waals surface area (Å²) in [6.07, 6.45) is 1.92. The van der Waals surface area contributed by atoms with Gasteiger partial charge in [-0.2, -0.15) is 0 Å². The molecule has 0 radical (unpaired) electrons. The number of nitro groups is 1. The van der Waals surface area contributed by atoms with Crippen LogP contribution in [0.15, 0.2) is 6.33 Å². The van der Waals surface area contributed by atoms with Crippen molar-refractivity contribution in [3.63, 3.8) is 0 Å². The minimum Gasteiger partial charge on any atom is -0.396 e. The molecular weight excluding hydrogens is 188 g/mol. The predicted octanol–water partition coefficient (Wildman–Crippen LogP) is 0.123. The Morgan fingerprint density at radius 2 is 2.50 bits per heavy atom. The van der Waals surface area contributed by atoms with E-state index in [1.807, 2.05) is 0 Å². The van der Waals surface area contributed by atoms with Gasteiger partial charge in [-0.3, -0.25) is 4.57 Å². The number of imidazole rings is 1. The van der Waals surface area contributed by atoms with Gasteiger partial charge in [-0.05, 0) is 16.3 Å². The van der Waals surface area contributed by atoms with E-state index in [1.54, 1.807) is 7.05 Å². The highest BCUT2D eigenvalue weighted by molar-refractivity contribution is 5.51. The van der Waals surface area contributed by atoms with Crippen molar-refractivity contribution >= 4 is 11.6 Å². The molecule has 78 valence electrons. The van der Waals surface area contributed by atoms with Crippen LogP contribution < -0.4 is 5.32 Å². The Hall–Kier alpha value is -1.63. The second-order valence-corrected chi connectivity index (χ2v) is 2.79. The lowest BCUT2D eigenvalue weighted by atomic mass is 10.4. The van der Waals surface area contributed by atoms with E-state index in [0.29, 0.717) is 18.8 Å². The van der Waals surface area contributed by atoms with Crippen molar-refractivity contribution < 1.29 is 10.0 Å². The van der Waals surface area contributed by atoms with Crippen LogP contribution in [0.3, 0.4) is 0 Å². The van der Waals surface area contributed by atoms with Crippen molar-refractivity contribution in [2.24, 2.45) is 7.05 Å². The molecule has 1 aromatic heterocycles. The zero-order chi connectivity index (χ0) is 10.6. The maximum absolute atomic E-state index is 10.5. The lowest BCUT2D eigenvalue weighted by Gasteiger charge is -2.04. The summed E-state index contributed by atoms with van der Waals surface area (Å²) in [4.78, 5) is 13.6. The fourth-order valence-corrected chi connectivity index (χ4v) is 1.04. The molecule has 0 atom stereocenters. The molecule has 0 fully saturated rings. The van der Waals surface area contributed by atoms with Crippen LogP contribution in [-0.4, -0.2) is 32.7 Å². The molecule has 1 aromatic rings. The normalized spacial score (nSPS) is 10.1. The minimum atomic E-state index is -0.540. The number of nitrogens with zero attached hydrogens (tertiary/aromatic N) is 3. The van der Waals surface area contributed by atoms with Crippen molar-refractivity contribution in [2.45, 2.75) is 6.42 Å². The van der Waals surface area contributed by atoms with Gasteiger partial charge in [-0.1, -0.05) is 0 Å². The summed E-state index contributed by atoms with van der Waals surface area (Å²) in [6.45, 7) is 0.537. The maximum Gasteiger partial charge on any atom is 0.406 e. The van der Waals surface area contributed by atoms with Crippen molar-refractivity contribution in [1.82, 2.24) is 9.55 Å². The van der Waals surface area contributed by atoms with Crippen LogP contribution >= 0.6 is 0 Å². The van der Waals surface area contributed by atoms with E-state index in [2.05, 4.69) is 10.3 Å². The highest BCUT2D eigenvalue weighted by atomic mass is 16.6. The topological polar surface area (TPSA) is 93.2 Å². The number of aryl methyl sites for hydroxylation is 1. The zero-order valence-electron chi connectivity index (χ0n) is 7.80. The summed E-state index contributed by atoms with van der Waals surface area (Å²) < 4.78 is 1.54. The molecule has 0 spiro atoms. The molecule has 0 bridgehead atoms. The third-order valence-electron chi connectivity index (χ3n) is 1.72. The number of nitrogens with one attached hydrogen (secondary N) is 1. The predicted molar refractivity (Wildman–Crippen MR) is 50.1 cm³/mol.